The molecule has 0 N–H and O–H groups in total. The Labute approximate surface area is 120 Å². The first-order chi connectivity index (χ1) is 9.25. The van der Waals surface area contributed by atoms with Crippen molar-refractivity contribution in [1.29, 1.82) is 0 Å². The van der Waals surface area contributed by atoms with Gasteiger partial charge in [-0.3, -0.25) is 9.20 Å². The van der Waals surface area contributed by atoms with Gasteiger partial charge in [0.25, 0.3) is 0 Å². The van der Waals surface area contributed by atoms with Crippen molar-refractivity contribution in [1.82, 2.24) is 14.3 Å². The van der Waals surface area contributed by atoms with Crippen LogP contribution in [0.2, 0.25) is 5.15 Å². The molecule has 0 bridgehead atoms. The Kier molecular flexibility index (Phi) is 3.57. The number of hydrogen-bond acceptors (Lipinski definition) is 3. The number of piperidine rings is 1. The third-order valence-electron chi connectivity index (χ3n) is 3.31. The van der Waals surface area contributed by atoms with E-state index >= 15 is 0 Å². The number of hydrogen-bond donors (Lipinski definition) is 0. The number of carbonyl (C=O) groups excluding carboxylic acids is 1. The van der Waals surface area contributed by atoms with Gasteiger partial charge in [0.15, 0.2) is 10.1 Å². The number of halogens is 1. The van der Waals surface area contributed by atoms with Crippen LogP contribution in [0.1, 0.15) is 25.0 Å². The minimum Gasteiger partial charge on any atom is -0.339 e. The van der Waals surface area contributed by atoms with Gasteiger partial charge >= 0.3 is 0 Å². The van der Waals surface area contributed by atoms with Crippen molar-refractivity contribution in [2.45, 2.75) is 19.3 Å². The van der Waals surface area contributed by atoms with Gasteiger partial charge in [-0.1, -0.05) is 11.6 Å². The number of imidazole rings is 1. The van der Waals surface area contributed by atoms with Gasteiger partial charge in [-0.2, -0.15) is 0 Å². The molecule has 3 heterocycles. The van der Waals surface area contributed by atoms with E-state index in [1.165, 1.54) is 17.8 Å². The summed E-state index contributed by atoms with van der Waals surface area (Å²) in [5.74, 6) is 0.0564. The summed E-state index contributed by atoms with van der Waals surface area (Å²) in [6, 6.07) is 0. The molecule has 0 spiro atoms. The van der Waals surface area contributed by atoms with E-state index in [2.05, 4.69) is 4.98 Å². The Balaban J connectivity index is 1.79. The molecule has 0 unspecified atom stereocenters. The Morgan fingerprint density at radius 3 is 2.95 bits per heavy atom. The molecule has 19 heavy (non-hydrogen) atoms. The molecule has 0 atom stereocenters. The van der Waals surface area contributed by atoms with Gasteiger partial charge in [0.2, 0.25) is 5.91 Å². The summed E-state index contributed by atoms with van der Waals surface area (Å²) in [6.07, 6.45) is 8.68. The number of likely N-dealkylation sites (tertiary alicyclic amines) is 1. The van der Waals surface area contributed by atoms with Gasteiger partial charge in [0, 0.05) is 30.7 Å². The lowest BCUT2D eigenvalue weighted by Crippen LogP contribution is -2.34. The average molecular weight is 296 g/mol. The predicted octanol–water partition coefficient (Wildman–Crippen LogP) is 3.07. The van der Waals surface area contributed by atoms with Crippen LogP contribution in [0, 0.1) is 0 Å². The highest BCUT2D eigenvalue weighted by molar-refractivity contribution is 7.15. The maximum absolute atomic E-state index is 12.0. The average Bonchev–Trinajstić information content (AvgIpc) is 2.98. The van der Waals surface area contributed by atoms with Gasteiger partial charge in [-0.25, -0.2) is 4.98 Å². The van der Waals surface area contributed by atoms with Crippen LogP contribution >= 0.6 is 22.9 Å². The number of nitrogens with zero attached hydrogens (tertiary/aromatic N) is 3. The third-order valence-corrected chi connectivity index (χ3v) is 4.34. The summed E-state index contributed by atoms with van der Waals surface area (Å²) in [7, 11) is 0. The van der Waals surface area contributed by atoms with Crippen LogP contribution in [0.5, 0.6) is 0 Å². The zero-order chi connectivity index (χ0) is 13.2. The molecular weight excluding hydrogens is 282 g/mol. The lowest BCUT2D eigenvalue weighted by atomic mass is 10.1. The van der Waals surface area contributed by atoms with Crippen LogP contribution in [0.3, 0.4) is 0 Å². The molecule has 0 aromatic carbocycles. The fourth-order valence-corrected chi connectivity index (χ4v) is 3.30. The Bertz CT molecular complexity index is 625. The first-order valence-electron chi connectivity index (χ1n) is 6.34. The van der Waals surface area contributed by atoms with E-state index in [9.17, 15) is 4.79 Å². The second-order valence-corrected chi connectivity index (χ2v) is 5.79. The molecule has 0 aliphatic carbocycles. The molecule has 2 aromatic heterocycles. The highest BCUT2D eigenvalue weighted by atomic mass is 35.5. The molecule has 6 heteroatoms. The smallest absolute Gasteiger partial charge is 0.246 e. The van der Waals surface area contributed by atoms with Gasteiger partial charge in [0.05, 0.1) is 5.69 Å². The molecule has 1 aliphatic heterocycles. The van der Waals surface area contributed by atoms with Crippen LogP contribution in [-0.2, 0) is 4.79 Å². The Hall–Kier alpha value is -1.33. The molecular formula is C13H14ClN3OS. The van der Waals surface area contributed by atoms with Crippen molar-refractivity contribution < 1.29 is 4.79 Å². The second-order valence-electron chi connectivity index (χ2n) is 4.56. The van der Waals surface area contributed by atoms with Crippen LogP contribution in [-0.4, -0.2) is 33.3 Å². The summed E-state index contributed by atoms with van der Waals surface area (Å²) >= 11 is 7.60. The first kappa shape index (κ1) is 12.7. The second kappa shape index (κ2) is 5.35. The number of rotatable bonds is 2. The minimum atomic E-state index is 0.0564. The minimum absolute atomic E-state index is 0.0564. The summed E-state index contributed by atoms with van der Waals surface area (Å²) in [5.41, 5.74) is 0.767. The quantitative estimate of drug-likeness (QED) is 0.799. The van der Waals surface area contributed by atoms with E-state index in [0.29, 0.717) is 5.15 Å². The monoisotopic (exact) mass is 295 g/mol. The van der Waals surface area contributed by atoms with Gasteiger partial charge in [-0.05, 0) is 25.3 Å². The van der Waals surface area contributed by atoms with Crippen molar-refractivity contribution in [3.05, 3.63) is 28.5 Å². The van der Waals surface area contributed by atoms with Crippen LogP contribution in [0.25, 0.3) is 11.0 Å². The largest absolute Gasteiger partial charge is 0.339 e. The van der Waals surface area contributed by atoms with E-state index in [1.807, 2.05) is 20.9 Å². The van der Waals surface area contributed by atoms with Crippen LogP contribution < -0.4 is 0 Å². The lowest BCUT2D eigenvalue weighted by Gasteiger charge is -2.25. The molecule has 3 rings (SSSR count). The maximum Gasteiger partial charge on any atom is 0.246 e. The SMILES string of the molecule is O=C(/C=C\c1c(Cl)nc2sccn12)N1CCCCC1. The molecule has 1 saturated heterocycles. The molecule has 2 aromatic rings. The first-order valence-corrected chi connectivity index (χ1v) is 7.59. The maximum atomic E-state index is 12.0. The van der Waals surface area contributed by atoms with Crippen molar-refractivity contribution in [3.63, 3.8) is 0 Å². The van der Waals surface area contributed by atoms with Gasteiger partial charge in [-0.15, -0.1) is 11.3 Å². The van der Waals surface area contributed by atoms with Crippen molar-refractivity contribution in [2.75, 3.05) is 13.1 Å². The van der Waals surface area contributed by atoms with E-state index in [1.54, 1.807) is 12.2 Å². The molecule has 100 valence electrons. The lowest BCUT2D eigenvalue weighted by molar-refractivity contribution is -0.126. The van der Waals surface area contributed by atoms with E-state index in [0.717, 1.165) is 36.6 Å². The number of thiazole rings is 1. The third kappa shape index (κ3) is 2.53. The van der Waals surface area contributed by atoms with E-state index in [-0.39, 0.29) is 5.91 Å². The molecule has 1 amide bonds. The molecule has 0 saturated carbocycles. The zero-order valence-electron chi connectivity index (χ0n) is 10.4. The van der Waals surface area contributed by atoms with Crippen molar-refractivity contribution in [3.8, 4) is 0 Å². The highest BCUT2D eigenvalue weighted by Gasteiger charge is 2.14. The Morgan fingerprint density at radius 1 is 1.37 bits per heavy atom. The fraction of sp³-hybridized carbons (Fsp3) is 0.385. The molecule has 4 nitrogen and oxygen atoms in total. The molecule has 0 radical (unpaired) electrons. The van der Waals surface area contributed by atoms with Crippen molar-refractivity contribution >= 4 is 39.9 Å². The Morgan fingerprint density at radius 2 is 2.16 bits per heavy atom. The number of aromatic nitrogens is 2. The number of carbonyl (C=O) groups is 1. The standard InChI is InChI=1S/C13H14ClN3OS/c14-12-10(17-8-9-19-13(17)15-12)4-5-11(18)16-6-2-1-3-7-16/h4-5,8-9H,1-3,6-7H2/b5-4-. The predicted molar refractivity (Wildman–Crippen MR) is 77.5 cm³/mol. The van der Waals surface area contributed by atoms with Gasteiger partial charge < -0.3 is 4.90 Å². The van der Waals surface area contributed by atoms with E-state index < -0.39 is 0 Å². The van der Waals surface area contributed by atoms with Crippen LogP contribution in [0.4, 0.5) is 0 Å². The summed E-state index contributed by atoms with van der Waals surface area (Å²) in [5, 5.41) is 2.39. The van der Waals surface area contributed by atoms with E-state index in [4.69, 9.17) is 11.6 Å². The topological polar surface area (TPSA) is 37.6 Å². The highest BCUT2D eigenvalue weighted by Crippen LogP contribution is 2.22. The number of fused-ring (bicyclic) bond motifs is 1. The normalized spacial score (nSPS) is 16.6. The van der Waals surface area contributed by atoms with Crippen molar-refractivity contribution in [2.24, 2.45) is 0 Å². The summed E-state index contributed by atoms with van der Waals surface area (Å²) in [4.78, 5) is 19.0. The molecule has 1 fully saturated rings. The molecule has 1 aliphatic rings. The van der Waals surface area contributed by atoms with Gasteiger partial charge in [0.1, 0.15) is 0 Å². The zero-order valence-corrected chi connectivity index (χ0v) is 12.0. The summed E-state index contributed by atoms with van der Waals surface area (Å²) < 4.78 is 1.90. The summed E-state index contributed by atoms with van der Waals surface area (Å²) in [6.45, 7) is 1.72. The fourth-order valence-electron chi connectivity index (χ4n) is 2.30. The van der Waals surface area contributed by atoms with Crippen LogP contribution in [0.15, 0.2) is 17.7 Å². The number of amides is 1.